The number of aliphatic carboxylic acids is 2. The van der Waals surface area contributed by atoms with E-state index in [-0.39, 0.29) is 6.61 Å². The van der Waals surface area contributed by atoms with Crippen molar-refractivity contribution in [1.29, 1.82) is 0 Å². The predicted octanol–water partition coefficient (Wildman–Crippen LogP) is -1.20. The first-order chi connectivity index (χ1) is 6.66. The van der Waals surface area contributed by atoms with Crippen molar-refractivity contribution in [2.45, 2.75) is 18.6 Å². The van der Waals surface area contributed by atoms with Crippen LogP contribution in [0.25, 0.3) is 0 Å². The van der Waals surface area contributed by atoms with Gasteiger partial charge in [-0.3, -0.25) is 14.1 Å². The molecule has 0 aromatic heterocycles. The van der Waals surface area contributed by atoms with Crippen LogP contribution in [-0.4, -0.2) is 52.1 Å². The molecule has 0 radical (unpaired) electrons. The number of carbonyl (C=O) groups is 2. The van der Waals surface area contributed by atoms with E-state index in [1.54, 1.807) is 6.92 Å². The SMILES string of the molecule is CCO.O=C(O)CC(C(=O)O)S(=O)(=O)O. The Morgan fingerprint density at radius 2 is 1.60 bits per heavy atom. The molecule has 0 aliphatic carbocycles. The molecule has 0 bridgehead atoms. The van der Waals surface area contributed by atoms with E-state index in [1.165, 1.54) is 0 Å². The van der Waals surface area contributed by atoms with Gasteiger partial charge in [0.05, 0.1) is 6.42 Å². The third kappa shape index (κ3) is 9.12. The summed E-state index contributed by atoms with van der Waals surface area (Å²) in [6.07, 6.45) is -1.16. The van der Waals surface area contributed by atoms with Crippen molar-refractivity contribution < 1.29 is 37.9 Å². The molecule has 0 aliphatic heterocycles. The summed E-state index contributed by atoms with van der Waals surface area (Å²) in [4.78, 5) is 20.0. The van der Waals surface area contributed by atoms with Gasteiger partial charge in [0.2, 0.25) is 0 Å². The molecule has 15 heavy (non-hydrogen) atoms. The first-order valence-corrected chi connectivity index (χ1v) is 5.18. The molecule has 0 saturated heterocycles. The Morgan fingerprint density at radius 3 is 1.67 bits per heavy atom. The lowest BCUT2D eigenvalue weighted by Gasteiger charge is -2.04. The molecule has 0 heterocycles. The van der Waals surface area contributed by atoms with Crippen molar-refractivity contribution >= 4 is 22.1 Å². The maximum Gasteiger partial charge on any atom is 0.325 e. The minimum absolute atomic E-state index is 0.250. The van der Waals surface area contributed by atoms with E-state index in [2.05, 4.69) is 0 Å². The van der Waals surface area contributed by atoms with Gasteiger partial charge < -0.3 is 15.3 Å². The summed E-state index contributed by atoms with van der Waals surface area (Å²) in [7, 11) is -4.84. The quantitative estimate of drug-likeness (QED) is 0.450. The van der Waals surface area contributed by atoms with E-state index in [9.17, 15) is 18.0 Å². The van der Waals surface area contributed by atoms with E-state index in [0.717, 1.165) is 0 Å². The van der Waals surface area contributed by atoms with Crippen LogP contribution in [0.1, 0.15) is 13.3 Å². The summed E-state index contributed by atoms with van der Waals surface area (Å²) < 4.78 is 28.7. The number of carboxylic acid groups (broad SMARTS) is 2. The fourth-order valence-corrected chi connectivity index (χ4v) is 1.09. The van der Waals surface area contributed by atoms with Crippen molar-refractivity contribution in [3.63, 3.8) is 0 Å². The summed E-state index contributed by atoms with van der Waals surface area (Å²) in [5.41, 5.74) is 0. The van der Waals surface area contributed by atoms with E-state index >= 15 is 0 Å². The average Bonchev–Trinajstić information content (AvgIpc) is 1.98. The van der Waals surface area contributed by atoms with E-state index < -0.39 is 33.7 Å². The average molecular weight is 244 g/mol. The molecule has 8 nitrogen and oxygen atoms in total. The fourth-order valence-electron chi connectivity index (χ4n) is 0.479. The van der Waals surface area contributed by atoms with Crippen LogP contribution < -0.4 is 0 Å². The van der Waals surface area contributed by atoms with Crippen molar-refractivity contribution in [2.24, 2.45) is 0 Å². The molecule has 0 saturated carbocycles. The normalized spacial score (nSPS) is 12.2. The number of aliphatic hydroxyl groups excluding tert-OH is 1. The van der Waals surface area contributed by atoms with Crippen molar-refractivity contribution in [3.8, 4) is 0 Å². The molecule has 0 fully saturated rings. The summed E-state index contributed by atoms with van der Waals surface area (Å²) in [5.74, 6) is -3.50. The van der Waals surface area contributed by atoms with Crippen molar-refractivity contribution in [3.05, 3.63) is 0 Å². The first kappa shape index (κ1) is 16.2. The van der Waals surface area contributed by atoms with Crippen molar-refractivity contribution in [2.75, 3.05) is 6.61 Å². The van der Waals surface area contributed by atoms with E-state index in [4.69, 9.17) is 19.9 Å². The van der Waals surface area contributed by atoms with Gasteiger partial charge in [-0.05, 0) is 6.92 Å². The standard InChI is InChI=1S/C4H6O7S.C2H6O/c5-3(6)1-2(4(7)8)12(9,10)11;1-2-3/h2H,1H2,(H,5,6)(H,7,8)(H,9,10,11);3H,2H2,1H3. The minimum atomic E-state index is -4.84. The second kappa shape index (κ2) is 7.15. The van der Waals surface area contributed by atoms with E-state index in [0.29, 0.717) is 0 Å². The number of aliphatic hydroxyl groups is 1. The van der Waals surface area contributed by atoms with Gasteiger partial charge in [0.1, 0.15) is 0 Å². The zero-order chi connectivity index (χ0) is 12.6. The summed E-state index contributed by atoms with van der Waals surface area (Å²) in [6, 6.07) is 0. The maximum atomic E-state index is 10.2. The Morgan fingerprint density at radius 1 is 1.27 bits per heavy atom. The molecule has 0 amide bonds. The Balaban J connectivity index is 0. The highest BCUT2D eigenvalue weighted by Gasteiger charge is 2.33. The molecule has 0 aliphatic rings. The Hall–Kier alpha value is -1.19. The van der Waals surface area contributed by atoms with Crippen LogP contribution in [0.15, 0.2) is 0 Å². The molecule has 1 unspecified atom stereocenters. The predicted molar refractivity (Wildman–Crippen MR) is 48.0 cm³/mol. The molecule has 0 aromatic rings. The van der Waals surface area contributed by atoms with Gasteiger partial charge in [-0.15, -0.1) is 0 Å². The molecular weight excluding hydrogens is 232 g/mol. The van der Waals surface area contributed by atoms with Crippen LogP contribution in [0, 0.1) is 0 Å². The topological polar surface area (TPSA) is 149 Å². The Kier molecular flexibility index (Phi) is 7.74. The number of hydrogen-bond acceptors (Lipinski definition) is 5. The van der Waals surface area contributed by atoms with Crippen molar-refractivity contribution in [1.82, 2.24) is 0 Å². The molecule has 9 heteroatoms. The monoisotopic (exact) mass is 244 g/mol. The summed E-state index contributed by atoms with van der Waals surface area (Å²) >= 11 is 0. The van der Waals surface area contributed by atoms with Crippen LogP contribution in [0.2, 0.25) is 0 Å². The highest BCUT2D eigenvalue weighted by molar-refractivity contribution is 7.87. The lowest BCUT2D eigenvalue weighted by Crippen LogP contribution is -2.31. The van der Waals surface area contributed by atoms with Crippen LogP contribution in [0.5, 0.6) is 0 Å². The van der Waals surface area contributed by atoms with Gasteiger partial charge in [-0.25, -0.2) is 0 Å². The van der Waals surface area contributed by atoms with E-state index in [1.807, 2.05) is 0 Å². The summed E-state index contributed by atoms with van der Waals surface area (Å²) in [5, 5.41) is 21.5. The zero-order valence-electron chi connectivity index (χ0n) is 7.82. The number of rotatable bonds is 4. The molecule has 4 N–H and O–H groups in total. The van der Waals surface area contributed by atoms with Gasteiger partial charge in [-0.1, -0.05) is 0 Å². The third-order valence-electron chi connectivity index (χ3n) is 0.995. The lowest BCUT2D eigenvalue weighted by atomic mass is 10.3. The smallest absolute Gasteiger partial charge is 0.325 e. The number of carboxylic acids is 2. The Labute approximate surface area is 85.9 Å². The largest absolute Gasteiger partial charge is 0.481 e. The maximum absolute atomic E-state index is 10.2. The van der Waals surface area contributed by atoms with Crippen LogP contribution in [0.3, 0.4) is 0 Å². The molecular formula is C6H12O8S. The second-order valence-corrected chi connectivity index (χ2v) is 3.85. The zero-order valence-corrected chi connectivity index (χ0v) is 8.64. The molecule has 90 valence electrons. The first-order valence-electron chi connectivity index (χ1n) is 3.68. The van der Waals surface area contributed by atoms with Gasteiger partial charge in [0, 0.05) is 6.61 Å². The molecule has 0 rings (SSSR count). The fraction of sp³-hybridized carbons (Fsp3) is 0.667. The van der Waals surface area contributed by atoms with Gasteiger partial charge in [0.25, 0.3) is 10.1 Å². The van der Waals surface area contributed by atoms with Crippen LogP contribution >= 0.6 is 0 Å². The summed E-state index contributed by atoms with van der Waals surface area (Å²) in [6.45, 7) is 1.93. The second-order valence-electron chi connectivity index (χ2n) is 2.26. The highest BCUT2D eigenvalue weighted by atomic mass is 32.2. The third-order valence-corrected chi connectivity index (χ3v) is 2.08. The minimum Gasteiger partial charge on any atom is -0.481 e. The van der Waals surface area contributed by atoms with Crippen LogP contribution in [0.4, 0.5) is 0 Å². The van der Waals surface area contributed by atoms with Gasteiger partial charge >= 0.3 is 11.9 Å². The van der Waals surface area contributed by atoms with Gasteiger partial charge in [-0.2, -0.15) is 8.42 Å². The highest BCUT2D eigenvalue weighted by Crippen LogP contribution is 2.04. The molecule has 0 aromatic carbocycles. The molecule has 1 atom stereocenters. The lowest BCUT2D eigenvalue weighted by molar-refractivity contribution is -0.143. The Bertz CT molecular complexity index is 305. The number of hydrogen-bond donors (Lipinski definition) is 4. The van der Waals surface area contributed by atoms with Gasteiger partial charge in [0.15, 0.2) is 5.25 Å². The van der Waals surface area contributed by atoms with Crippen LogP contribution in [-0.2, 0) is 19.7 Å². The molecule has 0 spiro atoms.